The quantitative estimate of drug-likeness (QED) is 0.449. The van der Waals surface area contributed by atoms with Crippen LogP contribution in [0.1, 0.15) is 0 Å². The van der Waals surface area contributed by atoms with Gasteiger partial charge in [-0.15, -0.1) is 0 Å². The second-order valence-corrected chi connectivity index (χ2v) is 1.40. The molecule has 1 rings (SSSR count). The lowest BCUT2D eigenvalue weighted by Gasteiger charge is -2.10. The average Bonchev–Trinajstić information content (AvgIpc) is 1.90. The van der Waals surface area contributed by atoms with Gasteiger partial charge in [-0.05, 0) is 6.08 Å². The van der Waals surface area contributed by atoms with E-state index in [4.69, 9.17) is 0 Å². The Hall–Kier alpha value is -1.12. The van der Waals surface area contributed by atoms with Crippen molar-refractivity contribution in [3.63, 3.8) is 0 Å². The van der Waals surface area contributed by atoms with Crippen molar-refractivity contribution in [3.05, 3.63) is 12.3 Å². The van der Waals surface area contributed by atoms with Crippen LogP contribution in [0, 0.1) is 0 Å². The van der Waals surface area contributed by atoms with E-state index in [1.807, 2.05) is 12.3 Å². The molecule has 0 aromatic rings. The van der Waals surface area contributed by atoms with Gasteiger partial charge < -0.3 is 0 Å². The smallest absolute Gasteiger partial charge is 0.131 e. The fraction of sp³-hybridized carbons (Fsp3) is 0.200. The Labute approximate surface area is 48.0 Å². The molecule has 42 valence electrons. The fourth-order valence-electron chi connectivity index (χ4n) is 0.468. The molecule has 0 bridgehead atoms. The molecular weight excluding hydrogens is 102 g/mol. The lowest BCUT2D eigenvalue weighted by Crippen LogP contribution is -2.11. The summed E-state index contributed by atoms with van der Waals surface area (Å²) in [6.45, 7) is 3.93. The second-order valence-electron chi connectivity index (χ2n) is 1.40. The third kappa shape index (κ3) is 0.932. The van der Waals surface area contributed by atoms with Gasteiger partial charge in [-0.25, -0.2) is 0 Å². The van der Waals surface area contributed by atoms with Gasteiger partial charge in [-0.2, -0.15) is 5.10 Å². The van der Waals surface area contributed by atoms with Gasteiger partial charge in [0.15, 0.2) is 0 Å². The first-order chi connectivity index (χ1) is 3.93. The maximum absolute atomic E-state index is 3.91. The van der Waals surface area contributed by atoms with E-state index in [9.17, 15) is 0 Å². The Kier molecular flexibility index (Phi) is 1.42. The summed E-state index contributed by atoms with van der Waals surface area (Å²) in [6, 6.07) is 0. The van der Waals surface area contributed by atoms with E-state index in [2.05, 4.69) is 16.8 Å². The standard InChI is InChI=1S/C5H7N3/c1-6-8-4-2-3-7-5-8/h2-4H,1,5H2. The van der Waals surface area contributed by atoms with Crippen LogP contribution in [-0.4, -0.2) is 24.6 Å². The zero-order chi connectivity index (χ0) is 5.82. The van der Waals surface area contributed by atoms with E-state index in [1.54, 1.807) is 11.2 Å². The van der Waals surface area contributed by atoms with Crippen LogP contribution < -0.4 is 0 Å². The van der Waals surface area contributed by atoms with Gasteiger partial charge in [0.05, 0.1) is 0 Å². The number of hydrazone groups is 1. The summed E-state index contributed by atoms with van der Waals surface area (Å²) in [7, 11) is 0. The van der Waals surface area contributed by atoms with E-state index < -0.39 is 0 Å². The molecular formula is C5H7N3. The average molecular weight is 109 g/mol. The van der Waals surface area contributed by atoms with Gasteiger partial charge in [0.2, 0.25) is 0 Å². The minimum absolute atomic E-state index is 0.597. The third-order valence-electron chi connectivity index (χ3n) is 0.858. The first-order valence-electron chi connectivity index (χ1n) is 2.33. The lowest BCUT2D eigenvalue weighted by atomic mass is 10.6. The van der Waals surface area contributed by atoms with Crippen LogP contribution in [0.5, 0.6) is 0 Å². The Morgan fingerprint density at radius 1 is 1.75 bits per heavy atom. The maximum Gasteiger partial charge on any atom is 0.131 e. The lowest BCUT2D eigenvalue weighted by molar-refractivity contribution is 0.414. The molecule has 0 radical (unpaired) electrons. The molecule has 0 aliphatic carbocycles. The SMILES string of the molecule is C=NN1C=CC=NC1. The van der Waals surface area contributed by atoms with Crippen LogP contribution in [0.2, 0.25) is 0 Å². The molecule has 0 fully saturated rings. The number of aliphatic imine (C=N–C) groups is 1. The molecule has 0 aromatic carbocycles. The largest absolute Gasteiger partial charge is 0.270 e. The zero-order valence-corrected chi connectivity index (χ0v) is 4.49. The number of hydrogen-bond donors (Lipinski definition) is 0. The van der Waals surface area contributed by atoms with Crippen LogP contribution in [0.25, 0.3) is 0 Å². The van der Waals surface area contributed by atoms with E-state index in [0.717, 1.165) is 0 Å². The predicted molar refractivity (Wildman–Crippen MR) is 33.9 cm³/mol. The molecule has 3 heteroatoms. The summed E-state index contributed by atoms with van der Waals surface area (Å²) in [5.74, 6) is 0. The number of nitrogens with zero attached hydrogens (tertiary/aromatic N) is 3. The van der Waals surface area contributed by atoms with Crippen LogP contribution >= 0.6 is 0 Å². The monoisotopic (exact) mass is 109 g/mol. The van der Waals surface area contributed by atoms with Gasteiger partial charge in [-0.3, -0.25) is 10.0 Å². The van der Waals surface area contributed by atoms with E-state index in [0.29, 0.717) is 6.67 Å². The minimum atomic E-state index is 0.597. The van der Waals surface area contributed by atoms with E-state index in [1.165, 1.54) is 0 Å². The Morgan fingerprint density at radius 2 is 2.62 bits per heavy atom. The molecule has 0 saturated carbocycles. The van der Waals surface area contributed by atoms with Crippen molar-refractivity contribution in [2.45, 2.75) is 0 Å². The maximum atomic E-state index is 3.91. The van der Waals surface area contributed by atoms with Crippen molar-refractivity contribution in [2.75, 3.05) is 6.67 Å². The highest BCUT2D eigenvalue weighted by Gasteiger charge is 1.91. The summed E-state index contributed by atoms with van der Waals surface area (Å²) in [5, 5.41) is 5.28. The molecule has 1 aliphatic heterocycles. The number of hydrogen-bond acceptors (Lipinski definition) is 3. The van der Waals surface area contributed by atoms with Crippen LogP contribution in [0.3, 0.4) is 0 Å². The Morgan fingerprint density at radius 3 is 3.00 bits per heavy atom. The topological polar surface area (TPSA) is 28.0 Å². The van der Waals surface area contributed by atoms with E-state index >= 15 is 0 Å². The molecule has 3 nitrogen and oxygen atoms in total. The number of rotatable bonds is 1. The van der Waals surface area contributed by atoms with Crippen LogP contribution in [0.4, 0.5) is 0 Å². The summed E-state index contributed by atoms with van der Waals surface area (Å²) in [6.07, 6.45) is 5.37. The van der Waals surface area contributed by atoms with Gasteiger partial charge in [0, 0.05) is 19.1 Å². The molecule has 0 unspecified atom stereocenters. The van der Waals surface area contributed by atoms with Gasteiger partial charge in [0.1, 0.15) is 6.67 Å². The Bertz CT molecular complexity index is 137. The van der Waals surface area contributed by atoms with Crippen LogP contribution in [0.15, 0.2) is 22.4 Å². The number of allylic oxidation sites excluding steroid dienone is 1. The molecule has 1 heterocycles. The minimum Gasteiger partial charge on any atom is -0.270 e. The highest BCUT2D eigenvalue weighted by Crippen LogP contribution is 1.92. The molecule has 0 amide bonds. The van der Waals surface area contributed by atoms with Crippen molar-refractivity contribution in [1.29, 1.82) is 0 Å². The van der Waals surface area contributed by atoms with Crippen molar-refractivity contribution in [3.8, 4) is 0 Å². The summed E-state index contributed by atoms with van der Waals surface area (Å²) < 4.78 is 0. The Balaban J connectivity index is 2.51. The van der Waals surface area contributed by atoms with Crippen molar-refractivity contribution >= 4 is 12.9 Å². The van der Waals surface area contributed by atoms with Gasteiger partial charge >= 0.3 is 0 Å². The van der Waals surface area contributed by atoms with E-state index in [-0.39, 0.29) is 0 Å². The van der Waals surface area contributed by atoms with Crippen molar-refractivity contribution < 1.29 is 0 Å². The fourth-order valence-corrected chi connectivity index (χ4v) is 0.468. The molecule has 0 N–H and O–H groups in total. The predicted octanol–water partition coefficient (Wildman–Crippen LogP) is 0.460. The van der Waals surface area contributed by atoms with Crippen LogP contribution in [-0.2, 0) is 0 Å². The highest BCUT2D eigenvalue weighted by molar-refractivity contribution is 5.71. The van der Waals surface area contributed by atoms with Gasteiger partial charge in [-0.1, -0.05) is 0 Å². The first-order valence-corrected chi connectivity index (χ1v) is 2.33. The molecule has 0 aromatic heterocycles. The van der Waals surface area contributed by atoms with Gasteiger partial charge in [0.25, 0.3) is 0 Å². The molecule has 0 spiro atoms. The molecule has 1 aliphatic rings. The first kappa shape index (κ1) is 5.03. The highest BCUT2D eigenvalue weighted by atomic mass is 15.5. The molecule has 0 saturated heterocycles. The molecule has 8 heavy (non-hydrogen) atoms. The second kappa shape index (κ2) is 2.26. The van der Waals surface area contributed by atoms with Crippen molar-refractivity contribution in [1.82, 2.24) is 5.01 Å². The normalized spacial score (nSPS) is 16.8. The summed E-state index contributed by atoms with van der Waals surface area (Å²) >= 11 is 0. The zero-order valence-electron chi connectivity index (χ0n) is 4.49. The third-order valence-corrected chi connectivity index (χ3v) is 0.858. The van der Waals surface area contributed by atoms with Crippen molar-refractivity contribution in [2.24, 2.45) is 10.1 Å². The summed E-state index contributed by atoms with van der Waals surface area (Å²) in [4.78, 5) is 3.91. The molecule has 0 atom stereocenters. The summed E-state index contributed by atoms with van der Waals surface area (Å²) in [5.41, 5.74) is 0.